The third-order valence-electron chi connectivity index (χ3n) is 5.07. The molecule has 0 atom stereocenters. The number of amidine groups is 2. The molecular weight excluding hydrogens is 439 g/mol. The maximum absolute atomic E-state index is 13.0. The maximum Gasteiger partial charge on any atom is 0.441 e. The molecule has 1 amide bonds. The second kappa shape index (κ2) is 7.49. The Morgan fingerprint density at radius 2 is 1.84 bits per heavy atom. The zero-order chi connectivity index (χ0) is 22.5. The van der Waals surface area contributed by atoms with Crippen molar-refractivity contribution in [1.82, 2.24) is 9.58 Å². The number of hydrogen-bond acceptors (Lipinski definition) is 4. The van der Waals surface area contributed by atoms with E-state index in [0.29, 0.717) is 12.2 Å². The molecule has 2 aliphatic heterocycles. The summed E-state index contributed by atoms with van der Waals surface area (Å²) in [5, 5.41) is 13.2. The molecule has 2 aromatic carbocycles. The van der Waals surface area contributed by atoms with Gasteiger partial charge in [-0.2, -0.15) is 28.3 Å². The Labute approximate surface area is 184 Å². The van der Waals surface area contributed by atoms with E-state index in [2.05, 4.69) is 10.1 Å². The van der Waals surface area contributed by atoms with E-state index in [9.17, 15) is 18.0 Å². The van der Waals surface area contributed by atoms with Crippen molar-refractivity contribution < 1.29 is 18.0 Å². The average Bonchev–Trinajstić information content (AvgIpc) is 3.38. The Hall–Kier alpha value is -3.66. The van der Waals surface area contributed by atoms with Crippen LogP contribution < -0.4 is 0 Å². The SMILES string of the molecule is N=C1/C(=C/c2cccn2Cc2cccc3ccccc23)C(=O)N=C2SC(C(F)(F)F)=NN12. The molecule has 10 heteroatoms. The van der Waals surface area contributed by atoms with E-state index < -0.39 is 23.0 Å². The molecule has 5 rings (SSSR count). The normalized spacial score (nSPS) is 17.7. The van der Waals surface area contributed by atoms with Gasteiger partial charge >= 0.3 is 6.18 Å². The van der Waals surface area contributed by atoms with Crippen LogP contribution in [0, 0.1) is 5.41 Å². The molecule has 0 spiro atoms. The molecule has 160 valence electrons. The summed E-state index contributed by atoms with van der Waals surface area (Å²) in [5.41, 5.74) is 1.57. The van der Waals surface area contributed by atoms with Crippen molar-refractivity contribution in [3.8, 4) is 0 Å². The molecule has 0 unspecified atom stereocenters. The summed E-state index contributed by atoms with van der Waals surface area (Å²) in [6.07, 6.45) is -1.38. The summed E-state index contributed by atoms with van der Waals surface area (Å²) < 4.78 is 40.9. The van der Waals surface area contributed by atoms with Gasteiger partial charge in [0, 0.05) is 18.4 Å². The Bertz CT molecular complexity index is 1360. The number of benzene rings is 2. The van der Waals surface area contributed by atoms with Gasteiger partial charge in [0.05, 0.1) is 5.57 Å². The smallest absolute Gasteiger partial charge is 0.344 e. The first-order valence-corrected chi connectivity index (χ1v) is 10.3. The van der Waals surface area contributed by atoms with Crippen molar-refractivity contribution in [2.75, 3.05) is 0 Å². The predicted octanol–water partition coefficient (Wildman–Crippen LogP) is 4.87. The van der Waals surface area contributed by atoms with Crippen LogP contribution in [0.4, 0.5) is 13.2 Å². The van der Waals surface area contributed by atoms with E-state index in [1.165, 1.54) is 6.08 Å². The van der Waals surface area contributed by atoms with Crippen molar-refractivity contribution in [3.05, 3.63) is 77.6 Å². The second-order valence-corrected chi connectivity index (χ2v) is 8.08. The van der Waals surface area contributed by atoms with Crippen molar-refractivity contribution in [2.45, 2.75) is 12.7 Å². The van der Waals surface area contributed by atoms with E-state index in [4.69, 9.17) is 5.41 Å². The molecular formula is C22H14F3N5OS. The first-order chi connectivity index (χ1) is 15.3. The lowest BCUT2D eigenvalue weighted by atomic mass is 10.0. The number of alkyl halides is 3. The fraction of sp³-hybridized carbons (Fsp3) is 0.0909. The zero-order valence-corrected chi connectivity index (χ0v) is 17.1. The molecule has 0 bridgehead atoms. The largest absolute Gasteiger partial charge is 0.441 e. The van der Waals surface area contributed by atoms with Crippen LogP contribution in [0.5, 0.6) is 0 Å². The fourth-order valence-electron chi connectivity index (χ4n) is 3.57. The monoisotopic (exact) mass is 453 g/mol. The number of thioether (sulfide) groups is 1. The summed E-state index contributed by atoms with van der Waals surface area (Å²) in [7, 11) is 0. The lowest BCUT2D eigenvalue weighted by Crippen LogP contribution is -2.35. The van der Waals surface area contributed by atoms with E-state index in [1.54, 1.807) is 12.1 Å². The van der Waals surface area contributed by atoms with E-state index in [-0.39, 0.29) is 22.5 Å². The number of carbonyl (C=O) groups excluding carboxylic acids is 1. The van der Waals surface area contributed by atoms with Crippen LogP contribution in [0.2, 0.25) is 0 Å². The van der Waals surface area contributed by atoms with Crippen LogP contribution in [0.1, 0.15) is 11.3 Å². The van der Waals surface area contributed by atoms with Gasteiger partial charge in [0.1, 0.15) is 0 Å². The first kappa shape index (κ1) is 20.3. The van der Waals surface area contributed by atoms with E-state index in [0.717, 1.165) is 21.3 Å². The van der Waals surface area contributed by atoms with Gasteiger partial charge in [0.15, 0.2) is 5.84 Å². The van der Waals surface area contributed by atoms with Crippen LogP contribution >= 0.6 is 11.8 Å². The van der Waals surface area contributed by atoms with Crippen LogP contribution in [-0.4, -0.2) is 37.7 Å². The molecule has 6 nitrogen and oxygen atoms in total. The quantitative estimate of drug-likeness (QED) is 0.575. The lowest BCUT2D eigenvalue weighted by molar-refractivity contribution is -0.114. The van der Waals surface area contributed by atoms with Crippen molar-refractivity contribution in [1.29, 1.82) is 5.41 Å². The van der Waals surface area contributed by atoms with Gasteiger partial charge in [-0.25, -0.2) is 0 Å². The Morgan fingerprint density at radius 3 is 2.66 bits per heavy atom. The van der Waals surface area contributed by atoms with Gasteiger partial charge < -0.3 is 4.57 Å². The fourth-order valence-corrected chi connectivity index (χ4v) is 4.33. The molecule has 3 aromatic rings. The summed E-state index contributed by atoms with van der Waals surface area (Å²) in [4.78, 5) is 16.2. The minimum atomic E-state index is -4.68. The number of amides is 1. The number of hydrogen-bond donors (Lipinski definition) is 1. The zero-order valence-electron chi connectivity index (χ0n) is 16.3. The number of rotatable bonds is 3. The number of nitrogens with one attached hydrogen (secondary N) is 1. The van der Waals surface area contributed by atoms with Gasteiger partial charge in [-0.1, -0.05) is 42.5 Å². The molecule has 32 heavy (non-hydrogen) atoms. The predicted molar refractivity (Wildman–Crippen MR) is 119 cm³/mol. The van der Waals surface area contributed by atoms with Crippen LogP contribution in [0.3, 0.4) is 0 Å². The number of nitrogens with zero attached hydrogens (tertiary/aromatic N) is 4. The highest BCUT2D eigenvalue weighted by molar-refractivity contribution is 8.27. The number of halogens is 3. The van der Waals surface area contributed by atoms with Gasteiger partial charge in [-0.15, -0.1) is 0 Å². The number of hydrazone groups is 1. The topological polar surface area (TPSA) is 73.8 Å². The minimum absolute atomic E-state index is 0.126. The second-order valence-electron chi connectivity index (χ2n) is 7.12. The maximum atomic E-state index is 13.0. The molecule has 0 saturated carbocycles. The van der Waals surface area contributed by atoms with Crippen LogP contribution in [-0.2, 0) is 11.3 Å². The standard InChI is InChI=1S/C22H14F3N5OS/c23-22(24,25)20-28-30-18(26)17(19(31)27-21(30)32-20)11-15-8-4-10-29(15)12-14-7-3-6-13-5-1-2-9-16(13)14/h1-11,26H,12H2/b17-11-,26-18?. The Kier molecular flexibility index (Phi) is 4.74. The van der Waals surface area contributed by atoms with E-state index >= 15 is 0 Å². The highest BCUT2D eigenvalue weighted by Crippen LogP contribution is 2.35. The first-order valence-electron chi connectivity index (χ1n) is 9.50. The number of fused-ring (bicyclic) bond motifs is 2. The minimum Gasteiger partial charge on any atom is -0.344 e. The Balaban J connectivity index is 1.48. The van der Waals surface area contributed by atoms with Crippen molar-refractivity contribution in [2.24, 2.45) is 10.1 Å². The summed E-state index contributed by atoms with van der Waals surface area (Å²) >= 11 is 0.232. The van der Waals surface area contributed by atoms with Crippen molar-refractivity contribution >= 4 is 50.6 Å². The lowest BCUT2D eigenvalue weighted by Gasteiger charge is -2.20. The molecule has 3 heterocycles. The van der Waals surface area contributed by atoms with Gasteiger partial charge in [-0.05, 0) is 46.3 Å². The van der Waals surface area contributed by atoms with Crippen molar-refractivity contribution in [3.63, 3.8) is 0 Å². The number of aromatic nitrogens is 1. The summed E-state index contributed by atoms with van der Waals surface area (Å²) in [6.45, 7) is 0.513. The van der Waals surface area contributed by atoms with E-state index in [1.807, 2.05) is 53.2 Å². The molecule has 2 aliphatic rings. The summed E-state index contributed by atoms with van der Waals surface area (Å²) in [6, 6.07) is 17.6. The molecule has 0 saturated heterocycles. The molecule has 0 aliphatic carbocycles. The third kappa shape index (κ3) is 3.52. The summed E-state index contributed by atoms with van der Waals surface area (Å²) in [5.74, 6) is -1.21. The molecule has 1 aromatic heterocycles. The van der Waals surface area contributed by atoms with Gasteiger partial charge in [0.2, 0.25) is 10.2 Å². The number of carbonyl (C=O) groups is 1. The van der Waals surface area contributed by atoms with Gasteiger partial charge in [-0.3, -0.25) is 10.2 Å². The van der Waals surface area contributed by atoms with Gasteiger partial charge in [0.25, 0.3) is 5.91 Å². The van der Waals surface area contributed by atoms with Crippen LogP contribution in [0.25, 0.3) is 16.8 Å². The Morgan fingerprint density at radius 1 is 1.06 bits per heavy atom. The molecule has 0 radical (unpaired) electrons. The molecule has 1 N–H and O–H groups in total. The molecule has 0 fully saturated rings. The average molecular weight is 453 g/mol. The number of aliphatic imine (C=N–C) groups is 1. The van der Waals surface area contributed by atoms with Crippen LogP contribution in [0.15, 0.2) is 76.5 Å². The highest BCUT2D eigenvalue weighted by Gasteiger charge is 2.46. The highest BCUT2D eigenvalue weighted by atomic mass is 32.2. The third-order valence-corrected chi connectivity index (χ3v) is 6.03.